The highest BCUT2D eigenvalue weighted by Crippen LogP contribution is 2.25. The maximum Gasteiger partial charge on any atom is 0.339 e. The summed E-state index contributed by atoms with van der Waals surface area (Å²) < 4.78 is 35.1. The van der Waals surface area contributed by atoms with Crippen molar-refractivity contribution in [3.05, 3.63) is 63.7 Å². The lowest BCUT2D eigenvalue weighted by Gasteiger charge is -2.13. The summed E-state index contributed by atoms with van der Waals surface area (Å²) in [6.07, 6.45) is -0.995. The number of aryl methyl sites for hydroxylation is 1. The minimum absolute atomic E-state index is 0.0856. The van der Waals surface area contributed by atoms with Crippen molar-refractivity contribution in [2.24, 2.45) is 0 Å². The lowest BCUT2D eigenvalue weighted by atomic mass is 10.2. The molecule has 2 aromatic rings. The van der Waals surface area contributed by atoms with E-state index in [1.54, 1.807) is 6.92 Å². The van der Waals surface area contributed by atoms with E-state index in [9.17, 15) is 28.1 Å². The van der Waals surface area contributed by atoms with Crippen LogP contribution in [-0.2, 0) is 19.6 Å². The number of likely N-dealkylation sites (N-methyl/N-ethyl adjacent to an activating group) is 1. The number of non-ortho nitro benzene ring substituents is 1. The van der Waals surface area contributed by atoms with E-state index in [4.69, 9.17) is 8.92 Å². The molecule has 1 atom stereocenters. The number of hydrogen-bond donors (Lipinski definition) is 1. The van der Waals surface area contributed by atoms with Gasteiger partial charge in [0.05, 0.1) is 10.5 Å². The first-order valence-corrected chi connectivity index (χ1v) is 10.2. The highest BCUT2D eigenvalue weighted by Gasteiger charge is 2.23. The zero-order chi connectivity index (χ0) is 22.5. The number of hydrogen-bond acceptors (Lipinski definition) is 8. The fraction of sp³-hybridized carbons (Fsp3) is 0.263. The summed E-state index contributed by atoms with van der Waals surface area (Å²) in [5.41, 5.74) is -0.0235. The number of rotatable bonds is 8. The van der Waals surface area contributed by atoms with Gasteiger partial charge in [-0.25, -0.2) is 4.79 Å². The summed E-state index contributed by atoms with van der Waals surface area (Å²) in [6.45, 7) is 5.03. The second-order valence-electron chi connectivity index (χ2n) is 6.21. The van der Waals surface area contributed by atoms with Crippen LogP contribution in [0.4, 0.5) is 5.69 Å². The molecule has 1 unspecified atom stereocenters. The molecule has 0 aliphatic heterocycles. The Morgan fingerprint density at radius 2 is 1.80 bits per heavy atom. The number of nitro benzene ring substituents is 1. The monoisotopic (exact) mass is 436 g/mol. The number of nitro groups is 1. The van der Waals surface area contributed by atoms with E-state index >= 15 is 0 Å². The fourth-order valence-electron chi connectivity index (χ4n) is 2.39. The van der Waals surface area contributed by atoms with Crippen molar-refractivity contribution in [2.75, 3.05) is 6.54 Å². The van der Waals surface area contributed by atoms with Crippen LogP contribution in [0.1, 0.15) is 29.8 Å². The zero-order valence-electron chi connectivity index (χ0n) is 16.4. The van der Waals surface area contributed by atoms with Gasteiger partial charge >= 0.3 is 16.1 Å². The highest BCUT2D eigenvalue weighted by molar-refractivity contribution is 7.87. The molecular formula is C19H20N2O8S. The number of benzene rings is 2. The van der Waals surface area contributed by atoms with Gasteiger partial charge in [-0.3, -0.25) is 14.9 Å². The van der Waals surface area contributed by atoms with Crippen LogP contribution in [-0.4, -0.2) is 37.9 Å². The van der Waals surface area contributed by atoms with Gasteiger partial charge in [-0.05, 0) is 50.6 Å². The van der Waals surface area contributed by atoms with E-state index in [2.05, 4.69) is 5.32 Å². The third-order valence-corrected chi connectivity index (χ3v) is 5.34. The van der Waals surface area contributed by atoms with Gasteiger partial charge in [0.1, 0.15) is 10.6 Å². The Labute approximate surface area is 173 Å². The summed E-state index contributed by atoms with van der Waals surface area (Å²) in [4.78, 5) is 33.6. The van der Waals surface area contributed by atoms with E-state index in [1.165, 1.54) is 50.2 Å². The molecule has 0 saturated heterocycles. The molecule has 30 heavy (non-hydrogen) atoms. The Kier molecular flexibility index (Phi) is 7.11. The lowest BCUT2D eigenvalue weighted by Crippen LogP contribution is -2.35. The Morgan fingerprint density at radius 1 is 1.17 bits per heavy atom. The predicted octanol–water partition coefficient (Wildman–Crippen LogP) is 2.35. The normalized spacial score (nSPS) is 12.0. The van der Waals surface area contributed by atoms with Crippen LogP contribution in [0.2, 0.25) is 0 Å². The van der Waals surface area contributed by atoms with E-state index < -0.39 is 33.0 Å². The lowest BCUT2D eigenvalue weighted by molar-refractivity contribution is -0.385. The largest absolute Gasteiger partial charge is 0.449 e. The molecule has 10 nitrogen and oxygen atoms in total. The molecule has 1 amide bonds. The molecule has 11 heteroatoms. The number of esters is 1. The summed E-state index contributed by atoms with van der Waals surface area (Å²) in [7, 11) is -4.34. The zero-order valence-corrected chi connectivity index (χ0v) is 17.3. The molecule has 0 radical (unpaired) electrons. The topological polar surface area (TPSA) is 142 Å². The molecule has 0 heterocycles. The minimum Gasteiger partial charge on any atom is -0.449 e. The van der Waals surface area contributed by atoms with Gasteiger partial charge < -0.3 is 14.2 Å². The summed E-state index contributed by atoms with van der Waals surface area (Å²) in [6, 6.07) is 8.43. The molecular weight excluding hydrogens is 416 g/mol. The van der Waals surface area contributed by atoms with Crippen molar-refractivity contribution in [3.63, 3.8) is 0 Å². The van der Waals surface area contributed by atoms with Crippen LogP contribution in [0.25, 0.3) is 0 Å². The summed E-state index contributed by atoms with van der Waals surface area (Å²) >= 11 is 0. The average Bonchev–Trinajstić information content (AvgIpc) is 2.68. The van der Waals surface area contributed by atoms with Crippen molar-refractivity contribution < 1.29 is 31.9 Å². The maximum absolute atomic E-state index is 12.5. The third kappa shape index (κ3) is 5.54. The fourth-order valence-corrected chi connectivity index (χ4v) is 3.57. The Morgan fingerprint density at radius 3 is 2.37 bits per heavy atom. The summed E-state index contributed by atoms with van der Waals surface area (Å²) in [5, 5.41) is 13.4. The molecule has 0 aromatic heterocycles. The molecule has 2 rings (SSSR count). The number of ether oxygens (including phenoxy) is 1. The standard InChI is InChI=1S/C19H20N2O8S/c1-4-20-18(22)13(3)28-19(23)14-6-9-16(10-7-14)29-30(26,27)17-11-15(21(24)25)8-5-12(17)2/h5-11,13H,4H2,1-3H3,(H,20,22). The van der Waals surface area contributed by atoms with Crippen LogP contribution >= 0.6 is 0 Å². The van der Waals surface area contributed by atoms with Gasteiger partial charge in [0, 0.05) is 18.7 Å². The molecule has 0 bridgehead atoms. The van der Waals surface area contributed by atoms with Gasteiger partial charge in [-0.15, -0.1) is 0 Å². The number of nitrogens with one attached hydrogen (secondary N) is 1. The summed E-state index contributed by atoms with van der Waals surface area (Å²) in [5.74, 6) is -1.31. The second kappa shape index (κ2) is 9.35. The van der Waals surface area contributed by atoms with E-state index in [1.807, 2.05) is 0 Å². The molecule has 1 N–H and O–H groups in total. The van der Waals surface area contributed by atoms with Gasteiger partial charge in [-0.1, -0.05) is 6.07 Å². The molecule has 2 aromatic carbocycles. The first-order chi connectivity index (χ1) is 14.0. The van der Waals surface area contributed by atoms with E-state index in [0.717, 1.165) is 6.07 Å². The van der Waals surface area contributed by atoms with Crippen molar-refractivity contribution in [1.82, 2.24) is 5.32 Å². The van der Waals surface area contributed by atoms with Gasteiger partial charge in [0.15, 0.2) is 6.10 Å². The van der Waals surface area contributed by atoms with Crippen LogP contribution in [0.15, 0.2) is 47.4 Å². The first-order valence-electron chi connectivity index (χ1n) is 8.83. The van der Waals surface area contributed by atoms with Gasteiger partial charge in [-0.2, -0.15) is 8.42 Å². The molecule has 0 aliphatic rings. The molecule has 160 valence electrons. The third-order valence-electron chi connectivity index (χ3n) is 3.95. The van der Waals surface area contributed by atoms with Gasteiger partial charge in [0.25, 0.3) is 11.6 Å². The Bertz CT molecular complexity index is 1060. The van der Waals surface area contributed by atoms with Gasteiger partial charge in [0.2, 0.25) is 0 Å². The molecule has 0 fully saturated rings. The number of amides is 1. The molecule has 0 saturated carbocycles. The van der Waals surface area contributed by atoms with Crippen LogP contribution in [0, 0.1) is 17.0 Å². The minimum atomic E-state index is -4.34. The number of carbonyl (C=O) groups excluding carboxylic acids is 2. The quantitative estimate of drug-likeness (QED) is 0.288. The number of carbonyl (C=O) groups is 2. The second-order valence-corrected chi connectivity index (χ2v) is 7.73. The predicted molar refractivity (Wildman–Crippen MR) is 106 cm³/mol. The maximum atomic E-state index is 12.5. The van der Waals surface area contributed by atoms with E-state index in [0.29, 0.717) is 6.54 Å². The van der Waals surface area contributed by atoms with Crippen LogP contribution < -0.4 is 9.50 Å². The average molecular weight is 436 g/mol. The molecule has 0 aliphatic carbocycles. The van der Waals surface area contributed by atoms with E-state index in [-0.39, 0.29) is 27.5 Å². The molecule has 0 spiro atoms. The Balaban J connectivity index is 2.15. The van der Waals surface area contributed by atoms with Crippen LogP contribution in [0.5, 0.6) is 5.75 Å². The highest BCUT2D eigenvalue weighted by atomic mass is 32.2. The van der Waals surface area contributed by atoms with Crippen molar-refractivity contribution >= 4 is 27.7 Å². The first kappa shape index (κ1) is 22.8. The SMILES string of the molecule is CCNC(=O)C(C)OC(=O)c1ccc(OS(=O)(=O)c2cc([N+](=O)[O-])ccc2C)cc1. The van der Waals surface area contributed by atoms with Crippen molar-refractivity contribution in [3.8, 4) is 5.75 Å². The van der Waals surface area contributed by atoms with Crippen LogP contribution in [0.3, 0.4) is 0 Å². The van der Waals surface area contributed by atoms with Crippen molar-refractivity contribution in [2.45, 2.75) is 31.8 Å². The smallest absolute Gasteiger partial charge is 0.339 e. The number of nitrogens with zero attached hydrogens (tertiary/aromatic N) is 1. The van der Waals surface area contributed by atoms with Crippen molar-refractivity contribution in [1.29, 1.82) is 0 Å². The Hall–Kier alpha value is -3.47.